The SMILES string of the molecule is CCC1CCCCC1C(Cc1ccccc1Cl)NC. The van der Waals surface area contributed by atoms with Gasteiger partial charge in [0.2, 0.25) is 0 Å². The number of hydrogen-bond donors (Lipinski definition) is 1. The van der Waals surface area contributed by atoms with E-state index in [-0.39, 0.29) is 0 Å². The number of halogens is 1. The third-order valence-corrected chi connectivity index (χ3v) is 5.15. The monoisotopic (exact) mass is 279 g/mol. The fourth-order valence-corrected chi connectivity index (χ4v) is 3.85. The van der Waals surface area contributed by atoms with Crippen molar-refractivity contribution in [2.45, 2.75) is 51.5 Å². The van der Waals surface area contributed by atoms with E-state index in [0.29, 0.717) is 6.04 Å². The zero-order valence-electron chi connectivity index (χ0n) is 12.2. The van der Waals surface area contributed by atoms with Crippen LogP contribution in [0.5, 0.6) is 0 Å². The van der Waals surface area contributed by atoms with Crippen molar-refractivity contribution in [2.24, 2.45) is 11.8 Å². The van der Waals surface area contributed by atoms with E-state index in [1.807, 2.05) is 12.1 Å². The summed E-state index contributed by atoms with van der Waals surface area (Å²) in [6, 6.07) is 8.82. The highest BCUT2D eigenvalue weighted by Crippen LogP contribution is 2.35. The first kappa shape index (κ1) is 14.9. The van der Waals surface area contributed by atoms with E-state index in [2.05, 4.69) is 31.4 Å². The molecule has 1 saturated carbocycles. The van der Waals surface area contributed by atoms with Gasteiger partial charge >= 0.3 is 0 Å². The largest absolute Gasteiger partial charge is 0.316 e. The van der Waals surface area contributed by atoms with E-state index in [9.17, 15) is 0 Å². The summed E-state index contributed by atoms with van der Waals surface area (Å²) in [5.41, 5.74) is 1.28. The van der Waals surface area contributed by atoms with Gasteiger partial charge in [0.1, 0.15) is 0 Å². The van der Waals surface area contributed by atoms with Crippen LogP contribution in [0.15, 0.2) is 24.3 Å². The van der Waals surface area contributed by atoms with E-state index < -0.39 is 0 Å². The van der Waals surface area contributed by atoms with Crippen molar-refractivity contribution in [1.29, 1.82) is 0 Å². The topological polar surface area (TPSA) is 12.0 Å². The predicted molar refractivity (Wildman–Crippen MR) is 83.7 cm³/mol. The Kier molecular flexibility index (Phi) is 5.72. The molecule has 0 amide bonds. The summed E-state index contributed by atoms with van der Waals surface area (Å²) in [6.45, 7) is 2.34. The van der Waals surface area contributed by atoms with Crippen molar-refractivity contribution in [1.82, 2.24) is 5.32 Å². The zero-order chi connectivity index (χ0) is 13.7. The molecule has 0 radical (unpaired) electrons. The lowest BCUT2D eigenvalue weighted by atomic mass is 9.73. The first-order chi connectivity index (χ1) is 9.26. The Morgan fingerprint density at radius 2 is 2.00 bits per heavy atom. The molecule has 2 rings (SSSR count). The standard InChI is InChI=1S/C17H26ClN/c1-3-13-8-4-6-10-15(13)17(19-2)12-14-9-5-7-11-16(14)18/h5,7,9,11,13,15,17,19H,3-4,6,8,10,12H2,1-2H3. The Hall–Kier alpha value is -0.530. The number of benzene rings is 1. The summed E-state index contributed by atoms with van der Waals surface area (Å²) < 4.78 is 0. The fraction of sp³-hybridized carbons (Fsp3) is 0.647. The molecule has 3 atom stereocenters. The summed E-state index contributed by atoms with van der Waals surface area (Å²) >= 11 is 6.31. The van der Waals surface area contributed by atoms with Gasteiger partial charge in [-0.1, -0.05) is 62.4 Å². The van der Waals surface area contributed by atoms with Crippen molar-refractivity contribution >= 4 is 11.6 Å². The molecule has 0 aromatic heterocycles. The molecule has 106 valence electrons. The van der Waals surface area contributed by atoms with E-state index >= 15 is 0 Å². The number of hydrogen-bond acceptors (Lipinski definition) is 1. The molecule has 1 aliphatic carbocycles. The average molecular weight is 280 g/mol. The molecule has 1 nitrogen and oxygen atoms in total. The molecule has 3 unspecified atom stereocenters. The molecule has 1 aromatic rings. The molecule has 1 aromatic carbocycles. The molecule has 0 aliphatic heterocycles. The third kappa shape index (κ3) is 3.73. The van der Waals surface area contributed by atoms with Crippen LogP contribution in [0.2, 0.25) is 5.02 Å². The van der Waals surface area contributed by atoms with Crippen molar-refractivity contribution in [2.75, 3.05) is 7.05 Å². The van der Waals surface area contributed by atoms with Crippen molar-refractivity contribution in [3.8, 4) is 0 Å². The predicted octanol–water partition coefficient (Wildman–Crippen LogP) is 4.69. The van der Waals surface area contributed by atoms with Crippen molar-refractivity contribution in [3.05, 3.63) is 34.9 Å². The molecule has 19 heavy (non-hydrogen) atoms. The van der Waals surface area contributed by atoms with Gasteiger partial charge in [0.25, 0.3) is 0 Å². The van der Waals surface area contributed by atoms with Gasteiger partial charge in [-0.05, 0) is 43.4 Å². The van der Waals surface area contributed by atoms with Crippen molar-refractivity contribution in [3.63, 3.8) is 0 Å². The van der Waals surface area contributed by atoms with Crippen LogP contribution in [0, 0.1) is 11.8 Å². The van der Waals surface area contributed by atoms with E-state index in [1.54, 1.807) is 0 Å². The molecule has 0 saturated heterocycles. The summed E-state index contributed by atoms with van der Waals surface area (Å²) in [5, 5.41) is 4.46. The van der Waals surface area contributed by atoms with Crippen LogP contribution in [0.4, 0.5) is 0 Å². The molecular formula is C17H26ClN. The van der Waals surface area contributed by atoms with Crippen LogP contribution in [0.3, 0.4) is 0 Å². The molecule has 0 bridgehead atoms. The highest BCUT2D eigenvalue weighted by molar-refractivity contribution is 6.31. The fourth-order valence-electron chi connectivity index (χ4n) is 3.64. The first-order valence-electron chi connectivity index (χ1n) is 7.67. The minimum atomic E-state index is 0.560. The molecule has 0 spiro atoms. The third-order valence-electron chi connectivity index (χ3n) is 4.78. The Morgan fingerprint density at radius 3 is 2.68 bits per heavy atom. The van der Waals surface area contributed by atoms with Crippen LogP contribution < -0.4 is 5.32 Å². The van der Waals surface area contributed by atoms with Crippen LogP contribution >= 0.6 is 11.6 Å². The molecule has 1 aliphatic rings. The average Bonchev–Trinajstić information content (AvgIpc) is 2.46. The van der Waals surface area contributed by atoms with E-state index in [0.717, 1.165) is 23.3 Å². The maximum Gasteiger partial charge on any atom is 0.0438 e. The van der Waals surface area contributed by atoms with Gasteiger partial charge in [-0.2, -0.15) is 0 Å². The van der Waals surface area contributed by atoms with Gasteiger partial charge < -0.3 is 5.32 Å². The van der Waals surface area contributed by atoms with Crippen LogP contribution in [0.25, 0.3) is 0 Å². The highest BCUT2D eigenvalue weighted by atomic mass is 35.5. The van der Waals surface area contributed by atoms with Gasteiger partial charge in [-0.3, -0.25) is 0 Å². The maximum absolute atomic E-state index is 6.31. The summed E-state index contributed by atoms with van der Waals surface area (Å²) in [6.07, 6.45) is 7.94. The normalized spacial score (nSPS) is 25.2. The minimum absolute atomic E-state index is 0.560. The van der Waals surface area contributed by atoms with Crippen LogP contribution in [-0.2, 0) is 6.42 Å². The maximum atomic E-state index is 6.31. The Morgan fingerprint density at radius 1 is 1.26 bits per heavy atom. The zero-order valence-corrected chi connectivity index (χ0v) is 12.9. The van der Waals surface area contributed by atoms with Gasteiger partial charge in [-0.15, -0.1) is 0 Å². The van der Waals surface area contributed by atoms with E-state index in [4.69, 9.17) is 11.6 Å². The minimum Gasteiger partial charge on any atom is -0.316 e. The lowest BCUT2D eigenvalue weighted by Crippen LogP contribution is -2.40. The second kappa shape index (κ2) is 7.31. The second-order valence-corrected chi connectivity index (χ2v) is 6.21. The summed E-state index contributed by atoms with van der Waals surface area (Å²) in [5.74, 6) is 1.69. The molecule has 1 fully saturated rings. The highest BCUT2D eigenvalue weighted by Gasteiger charge is 2.30. The van der Waals surface area contributed by atoms with Crippen LogP contribution in [0.1, 0.15) is 44.6 Å². The van der Waals surface area contributed by atoms with Crippen molar-refractivity contribution < 1.29 is 0 Å². The van der Waals surface area contributed by atoms with E-state index in [1.165, 1.54) is 37.7 Å². The van der Waals surface area contributed by atoms with Gasteiger partial charge in [0.05, 0.1) is 0 Å². The smallest absolute Gasteiger partial charge is 0.0438 e. The Bertz CT molecular complexity index is 391. The number of rotatable bonds is 5. The van der Waals surface area contributed by atoms with Gasteiger partial charge in [0.15, 0.2) is 0 Å². The molecule has 1 N–H and O–H groups in total. The van der Waals surface area contributed by atoms with Gasteiger partial charge in [0, 0.05) is 11.1 Å². The Labute approximate surface area is 122 Å². The lowest BCUT2D eigenvalue weighted by molar-refractivity contribution is 0.179. The molecule has 0 heterocycles. The lowest BCUT2D eigenvalue weighted by Gasteiger charge is -2.37. The molecule has 2 heteroatoms. The second-order valence-electron chi connectivity index (χ2n) is 5.81. The Balaban J connectivity index is 2.08. The summed E-state index contributed by atoms with van der Waals surface area (Å²) in [7, 11) is 2.10. The number of likely N-dealkylation sites (N-methyl/N-ethyl adjacent to an activating group) is 1. The quantitative estimate of drug-likeness (QED) is 0.825. The number of nitrogens with one attached hydrogen (secondary N) is 1. The van der Waals surface area contributed by atoms with Crippen LogP contribution in [-0.4, -0.2) is 13.1 Å². The first-order valence-corrected chi connectivity index (χ1v) is 8.04. The van der Waals surface area contributed by atoms with Gasteiger partial charge in [-0.25, -0.2) is 0 Å². The molecular weight excluding hydrogens is 254 g/mol. The summed E-state index contributed by atoms with van der Waals surface area (Å²) in [4.78, 5) is 0.